The van der Waals surface area contributed by atoms with Crippen LogP contribution in [0.25, 0.3) is 0 Å². The number of para-hydroxylation sites is 1. The zero-order valence-corrected chi connectivity index (χ0v) is 16.4. The minimum absolute atomic E-state index is 0.0622. The van der Waals surface area contributed by atoms with Crippen LogP contribution in [0.3, 0.4) is 0 Å². The first-order chi connectivity index (χ1) is 13.0. The van der Waals surface area contributed by atoms with Gasteiger partial charge in [-0.3, -0.25) is 9.10 Å². The Balaban J connectivity index is 1.68. The van der Waals surface area contributed by atoms with Crippen LogP contribution in [0.1, 0.15) is 38.5 Å². The summed E-state index contributed by atoms with van der Waals surface area (Å²) in [5.41, 5.74) is 1.09. The van der Waals surface area contributed by atoms with E-state index in [4.69, 9.17) is 0 Å². The first-order valence-electron chi connectivity index (χ1n) is 9.41. The molecule has 0 spiro atoms. The summed E-state index contributed by atoms with van der Waals surface area (Å²) in [4.78, 5) is 12.4. The quantitative estimate of drug-likeness (QED) is 0.766. The van der Waals surface area contributed by atoms with E-state index in [2.05, 4.69) is 5.32 Å². The van der Waals surface area contributed by atoms with Crippen LogP contribution in [0.15, 0.2) is 59.5 Å². The molecule has 0 aliphatic heterocycles. The molecular formula is C21H26N2O3S. The summed E-state index contributed by atoms with van der Waals surface area (Å²) >= 11 is 0. The lowest BCUT2D eigenvalue weighted by molar-refractivity contribution is -0.116. The number of nitrogens with zero attached hydrogens (tertiary/aromatic N) is 1. The van der Waals surface area contributed by atoms with Crippen molar-refractivity contribution in [3.8, 4) is 0 Å². The summed E-state index contributed by atoms with van der Waals surface area (Å²) in [6, 6.07) is 15.3. The predicted octanol–water partition coefficient (Wildman–Crippen LogP) is 4.42. The number of rotatable bonds is 7. The molecule has 0 atom stereocenters. The van der Waals surface area contributed by atoms with Crippen molar-refractivity contribution in [2.45, 2.75) is 43.4 Å². The lowest BCUT2D eigenvalue weighted by Crippen LogP contribution is -2.26. The molecule has 1 amide bonds. The van der Waals surface area contributed by atoms with Gasteiger partial charge in [0.05, 0.1) is 10.6 Å². The van der Waals surface area contributed by atoms with Gasteiger partial charge in [0.2, 0.25) is 5.91 Å². The average Bonchev–Trinajstić information content (AvgIpc) is 3.20. The Morgan fingerprint density at radius 1 is 1.07 bits per heavy atom. The van der Waals surface area contributed by atoms with Gasteiger partial charge >= 0.3 is 0 Å². The van der Waals surface area contributed by atoms with Gasteiger partial charge in [-0.25, -0.2) is 8.42 Å². The van der Waals surface area contributed by atoms with E-state index in [1.54, 1.807) is 42.5 Å². The van der Waals surface area contributed by atoms with Gasteiger partial charge in [-0.05, 0) is 42.7 Å². The van der Waals surface area contributed by atoms with Gasteiger partial charge in [0.25, 0.3) is 10.0 Å². The summed E-state index contributed by atoms with van der Waals surface area (Å²) in [6.45, 7) is 0. The van der Waals surface area contributed by atoms with E-state index >= 15 is 0 Å². The maximum absolute atomic E-state index is 12.9. The summed E-state index contributed by atoms with van der Waals surface area (Å²) in [5, 5.41) is 2.84. The summed E-state index contributed by atoms with van der Waals surface area (Å²) < 4.78 is 27.0. The van der Waals surface area contributed by atoms with Crippen molar-refractivity contribution in [3.63, 3.8) is 0 Å². The molecule has 1 fully saturated rings. The third-order valence-electron chi connectivity index (χ3n) is 5.15. The Morgan fingerprint density at radius 3 is 2.48 bits per heavy atom. The first kappa shape index (κ1) is 19.4. The fourth-order valence-electron chi connectivity index (χ4n) is 3.53. The van der Waals surface area contributed by atoms with Gasteiger partial charge in [-0.1, -0.05) is 49.9 Å². The SMILES string of the molecule is CN(c1ccccc1)S(=O)(=O)c1cccc(NC(=O)CCC2CCCC2)c1. The molecule has 0 aromatic heterocycles. The molecule has 2 aromatic carbocycles. The smallest absolute Gasteiger partial charge is 0.264 e. The minimum Gasteiger partial charge on any atom is -0.326 e. The molecule has 0 heterocycles. The van der Waals surface area contributed by atoms with Crippen LogP contribution < -0.4 is 9.62 Å². The fraction of sp³-hybridized carbons (Fsp3) is 0.381. The maximum atomic E-state index is 12.9. The van der Waals surface area contributed by atoms with Gasteiger partial charge < -0.3 is 5.32 Å². The van der Waals surface area contributed by atoms with E-state index in [-0.39, 0.29) is 10.8 Å². The van der Waals surface area contributed by atoms with Crippen molar-refractivity contribution < 1.29 is 13.2 Å². The summed E-state index contributed by atoms with van der Waals surface area (Å²) in [5.74, 6) is 0.592. The van der Waals surface area contributed by atoms with E-state index in [0.717, 1.165) is 6.42 Å². The van der Waals surface area contributed by atoms with Crippen LogP contribution in [-0.2, 0) is 14.8 Å². The van der Waals surface area contributed by atoms with Crippen LogP contribution in [0.4, 0.5) is 11.4 Å². The third-order valence-corrected chi connectivity index (χ3v) is 6.93. The molecule has 6 heteroatoms. The lowest BCUT2D eigenvalue weighted by atomic mass is 10.0. The molecule has 27 heavy (non-hydrogen) atoms. The number of hydrogen-bond acceptors (Lipinski definition) is 3. The number of nitrogens with one attached hydrogen (secondary N) is 1. The summed E-state index contributed by atoms with van der Waals surface area (Å²) in [6.07, 6.45) is 6.34. The molecule has 1 saturated carbocycles. The second-order valence-electron chi connectivity index (χ2n) is 7.07. The monoisotopic (exact) mass is 386 g/mol. The zero-order valence-electron chi connectivity index (χ0n) is 15.6. The second-order valence-corrected chi connectivity index (χ2v) is 9.04. The average molecular weight is 387 g/mol. The Morgan fingerprint density at radius 2 is 1.78 bits per heavy atom. The maximum Gasteiger partial charge on any atom is 0.264 e. The van der Waals surface area contributed by atoms with Crippen LogP contribution >= 0.6 is 0 Å². The van der Waals surface area contributed by atoms with Crippen molar-refractivity contribution in [3.05, 3.63) is 54.6 Å². The van der Waals surface area contributed by atoms with Gasteiger partial charge in [-0.15, -0.1) is 0 Å². The highest BCUT2D eigenvalue weighted by atomic mass is 32.2. The first-order valence-corrected chi connectivity index (χ1v) is 10.8. The van der Waals surface area contributed by atoms with Crippen molar-refractivity contribution in [1.29, 1.82) is 0 Å². The van der Waals surface area contributed by atoms with Gasteiger partial charge in [0, 0.05) is 19.2 Å². The Bertz CT molecular complexity index is 875. The lowest BCUT2D eigenvalue weighted by Gasteiger charge is -2.20. The highest BCUT2D eigenvalue weighted by molar-refractivity contribution is 7.92. The number of sulfonamides is 1. The number of carbonyl (C=O) groups is 1. The van der Waals surface area contributed by atoms with Crippen molar-refractivity contribution in [2.24, 2.45) is 5.92 Å². The molecule has 144 valence electrons. The number of anilines is 2. The molecule has 5 nitrogen and oxygen atoms in total. The third kappa shape index (κ3) is 4.89. The topological polar surface area (TPSA) is 66.5 Å². The highest BCUT2D eigenvalue weighted by Gasteiger charge is 2.22. The van der Waals surface area contributed by atoms with E-state index < -0.39 is 10.0 Å². The van der Waals surface area contributed by atoms with Crippen LogP contribution in [-0.4, -0.2) is 21.4 Å². The van der Waals surface area contributed by atoms with E-state index in [1.165, 1.54) is 43.1 Å². The van der Waals surface area contributed by atoms with Crippen molar-refractivity contribution in [2.75, 3.05) is 16.7 Å². The Hall–Kier alpha value is -2.34. The van der Waals surface area contributed by atoms with Gasteiger partial charge in [0.1, 0.15) is 0 Å². The van der Waals surface area contributed by atoms with Crippen molar-refractivity contribution >= 4 is 27.3 Å². The van der Waals surface area contributed by atoms with Crippen LogP contribution in [0.5, 0.6) is 0 Å². The van der Waals surface area contributed by atoms with Crippen LogP contribution in [0.2, 0.25) is 0 Å². The minimum atomic E-state index is -3.69. The molecule has 0 unspecified atom stereocenters. The number of benzene rings is 2. The van der Waals surface area contributed by atoms with Crippen LogP contribution in [0, 0.1) is 5.92 Å². The Kier molecular flexibility index (Phi) is 6.16. The fourth-order valence-corrected chi connectivity index (χ4v) is 4.77. The van der Waals surface area contributed by atoms with E-state index in [0.29, 0.717) is 23.7 Å². The molecule has 1 N–H and O–H groups in total. The van der Waals surface area contributed by atoms with Gasteiger partial charge in [-0.2, -0.15) is 0 Å². The second kappa shape index (κ2) is 8.57. The standard InChI is InChI=1S/C21H26N2O3S/c1-23(19-11-3-2-4-12-19)27(25,26)20-13-7-10-18(16-20)22-21(24)15-14-17-8-5-6-9-17/h2-4,7,10-13,16-17H,5-6,8-9,14-15H2,1H3,(H,22,24). The molecule has 0 saturated heterocycles. The molecule has 1 aliphatic carbocycles. The van der Waals surface area contributed by atoms with E-state index in [9.17, 15) is 13.2 Å². The number of hydrogen-bond donors (Lipinski definition) is 1. The summed E-state index contributed by atoms with van der Waals surface area (Å²) in [7, 11) is -2.17. The Labute approximate surface area is 161 Å². The molecule has 0 radical (unpaired) electrons. The molecule has 3 rings (SSSR count). The molecule has 1 aliphatic rings. The zero-order chi connectivity index (χ0) is 19.3. The number of carbonyl (C=O) groups excluding carboxylic acids is 1. The van der Waals surface area contributed by atoms with Gasteiger partial charge in [0.15, 0.2) is 0 Å². The highest BCUT2D eigenvalue weighted by Crippen LogP contribution is 2.29. The molecule has 2 aromatic rings. The normalized spacial score (nSPS) is 14.9. The largest absolute Gasteiger partial charge is 0.326 e. The number of amides is 1. The molecular weight excluding hydrogens is 360 g/mol. The van der Waals surface area contributed by atoms with Crippen molar-refractivity contribution in [1.82, 2.24) is 0 Å². The predicted molar refractivity (Wildman–Crippen MR) is 108 cm³/mol. The molecule has 0 bridgehead atoms. The van der Waals surface area contributed by atoms with E-state index in [1.807, 2.05) is 6.07 Å².